The zero-order chi connectivity index (χ0) is 17.1. The van der Waals surface area contributed by atoms with Gasteiger partial charge in [-0.25, -0.2) is 0 Å². The first kappa shape index (κ1) is 16.6. The van der Waals surface area contributed by atoms with Gasteiger partial charge in [-0.15, -0.1) is 0 Å². The molecule has 1 aliphatic heterocycles. The van der Waals surface area contributed by atoms with Gasteiger partial charge in [-0.05, 0) is 32.0 Å². The number of furan rings is 1. The second-order valence-corrected chi connectivity index (χ2v) is 6.46. The van der Waals surface area contributed by atoms with E-state index in [9.17, 15) is 4.79 Å². The van der Waals surface area contributed by atoms with Crippen LogP contribution in [-0.2, 0) is 0 Å². The predicted molar refractivity (Wildman–Crippen MR) is 94.4 cm³/mol. The van der Waals surface area contributed by atoms with E-state index in [0.717, 1.165) is 50.7 Å². The van der Waals surface area contributed by atoms with Crippen LogP contribution in [0.15, 0.2) is 27.4 Å². The number of nitrogens with one attached hydrogen (secondary N) is 1. The molecule has 0 bridgehead atoms. The highest BCUT2D eigenvalue weighted by Gasteiger charge is 2.20. The minimum atomic E-state index is -0.206. The number of nitrogens with two attached hydrogens (primary N) is 1. The molecular weight excluding hydrogens is 306 g/mol. The first-order chi connectivity index (χ1) is 11.5. The van der Waals surface area contributed by atoms with Crippen LogP contribution in [0.1, 0.15) is 30.8 Å². The predicted octanol–water partition coefficient (Wildman–Crippen LogP) is 1.57. The van der Waals surface area contributed by atoms with Crippen LogP contribution >= 0.6 is 0 Å². The van der Waals surface area contributed by atoms with Crippen molar-refractivity contribution in [2.24, 2.45) is 0 Å². The van der Waals surface area contributed by atoms with Crippen LogP contribution in [0.2, 0.25) is 0 Å². The number of hydrogen-bond donors (Lipinski definition) is 2. The summed E-state index contributed by atoms with van der Waals surface area (Å²) in [6.45, 7) is 8.84. The number of nitrogens with zero attached hydrogens (tertiary/aromatic N) is 3. The van der Waals surface area contributed by atoms with Crippen LogP contribution in [0.5, 0.6) is 0 Å². The van der Waals surface area contributed by atoms with E-state index in [1.54, 1.807) is 0 Å². The van der Waals surface area contributed by atoms with E-state index in [4.69, 9.17) is 10.2 Å². The molecule has 0 radical (unpaired) electrons. The molecule has 3 rings (SSSR count). The molecule has 0 aliphatic carbocycles. The molecule has 1 atom stereocenters. The lowest BCUT2D eigenvalue weighted by Crippen LogP contribution is -2.47. The van der Waals surface area contributed by atoms with E-state index >= 15 is 0 Å². The maximum Gasteiger partial charge on any atom is 0.254 e. The summed E-state index contributed by atoms with van der Waals surface area (Å²) in [4.78, 5) is 22.8. The average Bonchev–Trinajstić information content (AvgIpc) is 2.99. The van der Waals surface area contributed by atoms with Crippen LogP contribution < -0.4 is 16.2 Å². The van der Waals surface area contributed by atoms with Crippen molar-refractivity contribution in [1.82, 2.24) is 14.9 Å². The van der Waals surface area contributed by atoms with E-state index in [1.165, 1.54) is 6.07 Å². The van der Waals surface area contributed by atoms with Crippen molar-refractivity contribution in [3.8, 4) is 0 Å². The molecule has 24 heavy (non-hydrogen) atoms. The summed E-state index contributed by atoms with van der Waals surface area (Å²) in [5.41, 5.74) is 5.41. The van der Waals surface area contributed by atoms with Crippen molar-refractivity contribution in [3.63, 3.8) is 0 Å². The SMILES string of the molecule is Cc1ccc([C@H](C)CCN2CCN(c3cc(=O)[nH]c(N)n3)CC2)o1. The van der Waals surface area contributed by atoms with Gasteiger partial charge in [0.15, 0.2) is 0 Å². The third-order valence-corrected chi connectivity index (χ3v) is 4.57. The Balaban J connectivity index is 1.49. The second kappa shape index (κ2) is 7.09. The Morgan fingerprint density at radius 1 is 1.33 bits per heavy atom. The summed E-state index contributed by atoms with van der Waals surface area (Å²) >= 11 is 0. The fraction of sp³-hybridized carbons (Fsp3) is 0.529. The Kier molecular flexibility index (Phi) is 4.89. The molecule has 1 saturated heterocycles. The fourth-order valence-corrected chi connectivity index (χ4v) is 3.06. The molecule has 2 aromatic heterocycles. The summed E-state index contributed by atoms with van der Waals surface area (Å²) in [5, 5.41) is 0. The summed E-state index contributed by atoms with van der Waals surface area (Å²) in [7, 11) is 0. The largest absolute Gasteiger partial charge is 0.466 e. The summed E-state index contributed by atoms with van der Waals surface area (Å²) in [5.74, 6) is 3.29. The van der Waals surface area contributed by atoms with E-state index in [2.05, 4.69) is 32.8 Å². The van der Waals surface area contributed by atoms with E-state index in [0.29, 0.717) is 11.7 Å². The number of H-pyrrole nitrogens is 1. The topological polar surface area (TPSA) is 91.4 Å². The third kappa shape index (κ3) is 3.97. The normalized spacial score (nSPS) is 17.2. The Morgan fingerprint density at radius 3 is 2.71 bits per heavy atom. The van der Waals surface area contributed by atoms with Gasteiger partial charge in [0.2, 0.25) is 5.95 Å². The van der Waals surface area contributed by atoms with Gasteiger partial charge in [-0.3, -0.25) is 14.7 Å². The molecule has 1 fully saturated rings. The van der Waals surface area contributed by atoms with Crippen molar-refractivity contribution in [3.05, 3.63) is 40.1 Å². The molecule has 0 saturated carbocycles. The molecule has 0 aromatic carbocycles. The number of anilines is 2. The minimum Gasteiger partial charge on any atom is -0.466 e. The molecule has 0 amide bonds. The lowest BCUT2D eigenvalue weighted by Gasteiger charge is -2.35. The lowest BCUT2D eigenvalue weighted by atomic mass is 10.0. The summed E-state index contributed by atoms with van der Waals surface area (Å²) in [6, 6.07) is 5.60. The van der Waals surface area contributed by atoms with Gasteiger partial charge in [0, 0.05) is 38.2 Å². The van der Waals surface area contributed by atoms with Gasteiger partial charge in [0.25, 0.3) is 5.56 Å². The first-order valence-electron chi connectivity index (χ1n) is 8.42. The number of aromatic nitrogens is 2. The molecule has 2 aromatic rings. The van der Waals surface area contributed by atoms with Gasteiger partial charge in [-0.1, -0.05) is 6.92 Å². The maximum absolute atomic E-state index is 11.5. The molecule has 3 heterocycles. The number of rotatable bonds is 5. The van der Waals surface area contributed by atoms with Gasteiger partial charge in [0.1, 0.15) is 17.3 Å². The van der Waals surface area contributed by atoms with Gasteiger partial charge < -0.3 is 15.1 Å². The van der Waals surface area contributed by atoms with Crippen molar-refractivity contribution >= 4 is 11.8 Å². The second-order valence-electron chi connectivity index (χ2n) is 6.46. The molecule has 7 heteroatoms. The standard InChI is InChI=1S/C17H25N5O2/c1-12(14-4-3-13(2)24-14)5-6-21-7-9-22(10-8-21)15-11-16(23)20-17(18)19-15/h3-4,11-12H,5-10H2,1-2H3,(H3,18,19,20,23)/t12-/m1/s1. The Hall–Kier alpha value is -2.28. The molecule has 0 unspecified atom stereocenters. The molecule has 130 valence electrons. The minimum absolute atomic E-state index is 0.169. The monoisotopic (exact) mass is 331 g/mol. The fourth-order valence-electron chi connectivity index (χ4n) is 3.06. The maximum atomic E-state index is 11.5. The van der Waals surface area contributed by atoms with Crippen molar-refractivity contribution < 1.29 is 4.42 Å². The smallest absolute Gasteiger partial charge is 0.254 e. The number of aromatic amines is 1. The van der Waals surface area contributed by atoms with Crippen LogP contribution in [0, 0.1) is 6.92 Å². The zero-order valence-corrected chi connectivity index (χ0v) is 14.3. The van der Waals surface area contributed by atoms with Crippen LogP contribution in [-0.4, -0.2) is 47.6 Å². The van der Waals surface area contributed by atoms with Crippen molar-refractivity contribution in [2.75, 3.05) is 43.4 Å². The van der Waals surface area contributed by atoms with Crippen molar-refractivity contribution in [1.29, 1.82) is 0 Å². The van der Waals surface area contributed by atoms with E-state index < -0.39 is 0 Å². The number of piperazine rings is 1. The first-order valence-corrected chi connectivity index (χ1v) is 8.42. The number of aryl methyl sites for hydroxylation is 1. The van der Waals surface area contributed by atoms with Crippen LogP contribution in [0.3, 0.4) is 0 Å². The van der Waals surface area contributed by atoms with E-state index in [1.807, 2.05) is 13.0 Å². The average molecular weight is 331 g/mol. The molecule has 0 spiro atoms. The Bertz CT molecular complexity index is 731. The quantitative estimate of drug-likeness (QED) is 0.864. The highest BCUT2D eigenvalue weighted by atomic mass is 16.3. The summed E-state index contributed by atoms with van der Waals surface area (Å²) < 4.78 is 5.70. The highest BCUT2D eigenvalue weighted by molar-refractivity contribution is 5.41. The van der Waals surface area contributed by atoms with Crippen LogP contribution in [0.25, 0.3) is 0 Å². The molecular formula is C17H25N5O2. The van der Waals surface area contributed by atoms with Gasteiger partial charge >= 0.3 is 0 Å². The highest BCUT2D eigenvalue weighted by Crippen LogP contribution is 2.22. The molecule has 7 nitrogen and oxygen atoms in total. The third-order valence-electron chi connectivity index (χ3n) is 4.57. The van der Waals surface area contributed by atoms with Crippen LogP contribution in [0.4, 0.5) is 11.8 Å². The zero-order valence-electron chi connectivity index (χ0n) is 14.3. The summed E-state index contributed by atoms with van der Waals surface area (Å²) in [6.07, 6.45) is 1.07. The molecule has 3 N–H and O–H groups in total. The van der Waals surface area contributed by atoms with Crippen molar-refractivity contribution in [2.45, 2.75) is 26.2 Å². The Labute approximate surface area is 141 Å². The molecule has 1 aliphatic rings. The lowest BCUT2D eigenvalue weighted by molar-refractivity contribution is 0.245. The number of hydrogen-bond acceptors (Lipinski definition) is 6. The Morgan fingerprint density at radius 2 is 2.08 bits per heavy atom. The van der Waals surface area contributed by atoms with Gasteiger partial charge in [0.05, 0.1) is 0 Å². The number of nitrogen functional groups attached to an aromatic ring is 1. The van der Waals surface area contributed by atoms with Gasteiger partial charge in [-0.2, -0.15) is 4.98 Å². The van der Waals surface area contributed by atoms with E-state index in [-0.39, 0.29) is 11.5 Å².